The van der Waals surface area contributed by atoms with E-state index in [-0.39, 0.29) is 5.78 Å². The molecule has 0 unspecified atom stereocenters. The summed E-state index contributed by atoms with van der Waals surface area (Å²) in [6.07, 6.45) is 5.83. The largest absolute Gasteiger partial charge is 0.475 e. The quantitative estimate of drug-likeness (QED) is 0.571. The molecular formula is C14H16O2. The maximum Gasteiger partial charge on any atom is 0.163 e. The lowest BCUT2D eigenvalue weighted by Gasteiger charge is -2.20. The Hall–Kier alpha value is -1.75. The van der Waals surface area contributed by atoms with Crippen LogP contribution in [0.5, 0.6) is 5.75 Å². The molecule has 0 atom stereocenters. The van der Waals surface area contributed by atoms with E-state index in [9.17, 15) is 4.79 Å². The van der Waals surface area contributed by atoms with Gasteiger partial charge in [-0.2, -0.15) is 0 Å². The van der Waals surface area contributed by atoms with Gasteiger partial charge >= 0.3 is 0 Å². The maximum atomic E-state index is 11.4. The van der Waals surface area contributed by atoms with Crippen LogP contribution in [0.1, 0.15) is 37.6 Å². The third-order valence-electron chi connectivity index (χ3n) is 2.22. The summed E-state index contributed by atoms with van der Waals surface area (Å²) in [5.74, 6) is 3.35. The van der Waals surface area contributed by atoms with Gasteiger partial charge in [-0.3, -0.25) is 4.79 Å². The zero-order valence-corrected chi connectivity index (χ0v) is 9.91. The molecule has 2 nitrogen and oxygen atoms in total. The number of ether oxygens (including phenoxy) is 1. The van der Waals surface area contributed by atoms with Crippen molar-refractivity contribution in [1.29, 1.82) is 0 Å². The van der Waals surface area contributed by atoms with E-state index in [1.165, 1.54) is 0 Å². The number of hydrogen-bond acceptors (Lipinski definition) is 2. The number of rotatable bonds is 4. The van der Waals surface area contributed by atoms with Crippen LogP contribution in [0, 0.1) is 12.3 Å². The number of terminal acetylenes is 1. The van der Waals surface area contributed by atoms with E-state index < -0.39 is 5.60 Å². The second kappa shape index (κ2) is 4.85. The number of carbonyl (C=O) groups excluding carboxylic acids is 1. The summed E-state index contributed by atoms with van der Waals surface area (Å²) < 4.78 is 5.57. The third kappa shape index (κ3) is 3.13. The highest BCUT2D eigenvalue weighted by Gasteiger charge is 2.15. The predicted molar refractivity (Wildman–Crippen MR) is 64.6 cm³/mol. The van der Waals surface area contributed by atoms with Crippen molar-refractivity contribution in [3.63, 3.8) is 0 Å². The molecule has 0 saturated heterocycles. The highest BCUT2D eigenvalue weighted by molar-refractivity contribution is 5.95. The van der Waals surface area contributed by atoms with Gasteiger partial charge in [-0.15, -0.1) is 6.42 Å². The zero-order chi connectivity index (χ0) is 12.2. The van der Waals surface area contributed by atoms with Gasteiger partial charge in [0.15, 0.2) is 11.4 Å². The Morgan fingerprint density at radius 1 is 1.38 bits per heavy atom. The molecule has 0 N–H and O–H groups in total. The molecule has 16 heavy (non-hydrogen) atoms. The normalized spacial score (nSPS) is 10.6. The summed E-state index contributed by atoms with van der Waals surface area (Å²) in [4.78, 5) is 11.4. The van der Waals surface area contributed by atoms with Crippen LogP contribution in [-0.4, -0.2) is 11.4 Å². The van der Waals surface area contributed by atoms with Gasteiger partial charge in [-0.1, -0.05) is 12.8 Å². The summed E-state index contributed by atoms with van der Waals surface area (Å²) in [6, 6.07) is 7.05. The minimum Gasteiger partial charge on any atom is -0.475 e. The molecule has 0 saturated carbocycles. The highest BCUT2D eigenvalue weighted by Crippen LogP contribution is 2.18. The summed E-state index contributed by atoms with van der Waals surface area (Å²) in [5.41, 5.74) is 0.0735. The first-order valence-electron chi connectivity index (χ1n) is 5.28. The van der Waals surface area contributed by atoms with Crippen LogP contribution in [0.15, 0.2) is 24.3 Å². The number of carbonyl (C=O) groups is 1. The van der Waals surface area contributed by atoms with Crippen molar-refractivity contribution in [3.05, 3.63) is 29.8 Å². The molecule has 0 aromatic heterocycles. The van der Waals surface area contributed by atoms with Gasteiger partial charge in [-0.25, -0.2) is 0 Å². The fourth-order valence-electron chi connectivity index (χ4n) is 1.24. The summed E-state index contributed by atoms with van der Waals surface area (Å²) in [7, 11) is 0. The minimum atomic E-state index is -0.629. The fraction of sp³-hybridized carbons (Fsp3) is 0.357. The molecule has 0 fully saturated rings. The fourth-order valence-corrected chi connectivity index (χ4v) is 1.24. The topological polar surface area (TPSA) is 26.3 Å². The van der Waals surface area contributed by atoms with E-state index in [1.807, 2.05) is 20.8 Å². The van der Waals surface area contributed by atoms with E-state index in [0.717, 1.165) is 0 Å². The third-order valence-corrected chi connectivity index (χ3v) is 2.22. The molecular weight excluding hydrogens is 200 g/mol. The standard InChI is InChI=1S/C14H16O2/c1-5-13(15)11-7-9-12(10-8-11)16-14(3,4)6-2/h2,7-10H,5H2,1,3-4H3. The molecule has 1 rings (SSSR count). The van der Waals surface area contributed by atoms with Crippen molar-refractivity contribution in [2.75, 3.05) is 0 Å². The van der Waals surface area contributed by atoms with Gasteiger partial charge in [0.25, 0.3) is 0 Å². The highest BCUT2D eigenvalue weighted by atomic mass is 16.5. The van der Waals surface area contributed by atoms with Gasteiger partial charge in [0, 0.05) is 12.0 Å². The predicted octanol–water partition coefficient (Wildman–Crippen LogP) is 3.07. The molecule has 0 radical (unpaired) electrons. The van der Waals surface area contributed by atoms with E-state index in [2.05, 4.69) is 5.92 Å². The molecule has 1 aromatic rings. The van der Waals surface area contributed by atoms with E-state index >= 15 is 0 Å². The minimum absolute atomic E-state index is 0.128. The van der Waals surface area contributed by atoms with Crippen molar-refractivity contribution in [3.8, 4) is 18.1 Å². The summed E-state index contributed by atoms with van der Waals surface area (Å²) in [5, 5.41) is 0. The monoisotopic (exact) mass is 216 g/mol. The smallest absolute Gasteiger partial charge is 0.163 e. The first-order chi connectivity index (χ1) is 7.48. The van der Waals surface area contributed by atoms with Gasteiger partial charge < -0.3 is 4.74 Å². The molecule has 0 spiro atoms. The Balaban J connectivity index is 2.81. The van der Waals surface area contributed by atoms with Crippen LogP contribution in [0.4, 0.5) is 0 Å². The van der Waals surface area contributed by atoms with Crippen LogP contribution >= 0.6 is 0 Å². The van der Waals surface area contributed by atoms with Crippen LogP contribution < -0.4 is 4.74 Å². The zero-order valence-electron chi connectivity index (χ0n) is 9.91. The van der Waals surface area contributed by atoms with Gasteiger partial charge in [0.1, 0.15) is 5.75 Å². The Labute approximate surface area is 96.6 Å². The Bertz CT molecular complexity index is 407. The second-order valence-electron chi connectivity index (χ2n) is 4.06. The molecule has 0 aliphatic carbocycles. The van der Waals surface area contributed by atoms with Crippen molar-refractivity contribution >= 4 is 5.78 Å². The van der Waals surface area contributed by atoms with Crippen LogP contribution in [0.2, 0.25) is 0 Å². The number of ketones is 1. The molecule has 0 aliphatic heterocycles. The van der Waals surface area contributed by atoms with E-state index in [0.29, 0.717) is 17.7 Å². The molecule has 0 aliphatic rings. The van der Waals surface area contributed by atoms with Gasteiger partial charge in [0.05, 0.1) is 0 Å². The lowest BCUT2D eigenvalue weighted by Crippen LogP contribution is -2.25. The lowest BCUT2D eigenvalue weighted by molar-refractivity contribution is 0.0988. The van der Waals surface area contributed by atoms with E-state index in [1.54, 1.807) is 24.3 Å². The lowest BCUT2D eigenvalue weighted by atomic mass is 10.1. The number of benzene rings is 1. The molecule has 1 aromatic carbocycles. The van der Waals surface area contributed by atoms with E-state index in [4.69, 9.17) is 11.2 Å². The second-order valence-corrected chi connectivity index (χ2v) is 4.06. The summed E-state index contributed by atoms with van der Waals surface area (Å²) in [6.45, 7) is 5.48. The molecule has 0 bridgehead atoms. The average molecular weight is 216 g/mol. The van der Waals surface area contributed by atoms with Gasteiger partial charge in [0.2, 0.25) is 0 Å². The SMILES string of the molecule is C#CC(C)(C)Oc1ccc(C(=O)CC)cc1. The van der Waals surface area contributed by atoms with Crippen LogP contribution in [0.3, 0.4) is 0 Å². The first kappa shape index (κ1) is 12.3. The maximum absolute atomic E-state index is 11.4. The first-order valence-corrected chi connectivity index (χ1v) is 5.28. The van der Waals surface area contributed by atoms with Crippen molar-refractivity contribution in [1.82, 2.24) is 0 Å². The molecule has 0 heterocycles. The van der Waals surface area contributed by atoms with Gasteiger partial charge in [-0.05, 0) is 38.1 Å². The number of hydrogen-bond donors (Lipinski definition) is 0. The van der Waals surface area contributed by atoms with Crippen molar-refractivity contribution < 1.29 is 9.53 Å². The average Bonchev–Trinajstić information content (AvgIpc) is 2.28. The van der Waals surface area contributed by atoms with Crippen LogP contribution in [0.25, 0.3) is 0 Å². The van der Waals surface area contributed by atoms with Crippen molar-refractivity contribution in [2.45, 2.75) is 32.8 Å². The molecule has 2 heteroatoms. The Morgan fingerprint density at radius 3 is 2.38 bits per heavy atom. The number of Topliss-reactive ketones (excluding diaryl/α,β-unsaturated/α-hetero) is 1. The van der Waals surface area contributed by atoms with Crippen LogP contribution in [-0.2, 0) is 0 Å². The molecule has 0 amide bonds. The molecule has 84 valence electrons. The van der Waals surface area contributed by atoms with Crippen molar-refractivity contribution in [2.24, 2.45) is 0 Å². The summed E-state index contributed by atoms with van der Waals surface area (Å²) >= 11 is 0. The Kier molecular flexibility index (Phi) is 3.73. The Morgan fingerprint density at radius 2 is 1.94 bits per heavy atom.